The number of aliphatic carboxylic acids is 1. The topological polar surface area (TPSA) is 120 Å². The Kier molecular flexibility index (Phi) is 9.24. The van der Waals surface area contributed by atoms with Crippen LogP contribution in [0.1, 0.15) is 22.3 Å². The molecule has 0 saturated carbocycles. The van der Waals surface area contributed by atoms with Gasteiger partial charge in [-0.25, -0.2) is 14.3 Å². The summed E-state index contributed by atoms with van der Waals surface area (Å²) in [5.74, 6) is -1.04. The van der Waals surface area contributed by atoms with Gasteiger partial charge in [0.25, 0.3) is 0 Å². The average Bonchev–Trinajstić information content (AvgIpc) is 2.92. The van der Waals surface area contributed by atoms with Crippen LogP contribution in [0.3, 0.4) is 0 Å². The predicted octanol–water partition coefficient (Wildman–Crippen LogP) is 6.21. The van der Waals surface area contributed by atoms with Gasteiger partial charge >= 0.3 is 12.0 Å². The maximum absolute atomic E-state index is 12.3. The van der Waals surface area contributed by atoms with E-state index in [9.17, 15) is 19.5 Å². The number of aryl methyl sites for hydroxylation is 3. The highest BCUT2D eigenvalue weighted by atomic mass is 32.2. The molecule has 2 unspecified atom stereocenters. The third-order valence-electron chi connectivity index (χ3n) is 6.22. The fourth-order valence-corrected chi connectivity index (χ4v) is 5.99. The highest BCUT2D eigenvalue weighted by Gasteiger charge is 2.21. The molecule has 1 aromatic heterocycles. The van der Waals surface area contributed by atoms with Crippen molar-refractivity contribution in [2.75, 3.05) is 10.6 Å². The number of anilines is 2. The van der Waals surface area contributed by atoms with Crippen LogP contribution >= 0.6 is 10.7 Å². The maximum atomic E-state index is 12.3. The number of carbonyl (C=O) groups is 2. The highest BCUT2D eigenvalue weighted by Crippen LogP contribution is 2.31. The van der Waals surface area contributed by atoms with Crippen LogP contribution in [-0.2, 0) is 16.0 Å². The molecule has 2 atom stereocenters. The number of carbonyl (C=O) groups excluding carboxylic acids is 2. The first-order chi connectivity index (χ1) is 19.2. The van der Waals surface area contributed by atoms with E-state index < -0.39 is 22.7 Å². The Bertz CT molecular complexity index is 1560. The first-order valence-corrected chi connectivity index (χ1v) is 13.8. The van der Waals surface area contributed by atoms with E-state index in [0.717, 1.165) is 38.3 Å². The Labute approximate surface area is 235 Å². The van der Waals surface area contributed by atoms with Gasteiger partial charge < -0.3 is 15.7 Å². The van der Waals surface area contributed by atoms with Crippen LogP contribution in [0.25, 0.3) is 11.1 Å². The summed E-state index contributed by atoms with van der Waals surface area (Å²) in [5, 5.41) is 17.5. The van der Waals surface area contributed by atoms with Crippen LogP contribution in [0, 0.1) is 20.8 Å². The number of amides is 2. The zero-order chi connectivity index (χ0) is 28.6. The zero-order valence-electron chi connectivity index (χ0n) is 22.4. The quantitative estimate of drug-likeness (QED) is 0.183. The molecule has 0 aliphatic carbocycles. The second-order valence-electron chi connectivity index (χ2n) is 9.43. The molecule has 0 spiro atoms. The molecule has 0 fully saturated rings. The number of carboxylic acids is 1. The number of pyridine rings is 1. The van der Waals surface area contributed by atoms with Gasteiger partial charge in [-0.05, 0) is 89.9 Å². The molecule has 0 saturated heterocycles. The monoisotopic (exact) mass is 554 g/mol. The van der Waals surface area contributed by atoms with Crippen molar-refractivity contribution in [3.8, 4) is 11.1 Å². The molecule has 4 rings (SSSR count). The molecular weight excluding hydrogens is 524 g/mol. The van der Waals surface area contributed by atoms with Gasteiger partial charge in [-0.2, -0.15) is 0 Å². The number of nitrogens with zero attached hydrogens (tertiary/aromatic N) is 1. The number of carboxylic acid groups (broad SMARTS) is 1. The van der Waals surface area contributed by atoms with Gasteiger partial charge in [-0.15, -0.1) is 0 Å². The molecule has 4 aromatic rings. The summed E-state index contributed by atoms with van der Waals surface area (Å²) < 4.78 is 3.01. The highest BCUT2D eigenvalue weighted by molar-refractivity contribution is 8.12. The Morgan fingerprint density at radius 2 is 1.57 bits per heavy atom. The fraction of sp³-hybridized carbons (Fsp3) is 0.161. The lowest BCUT2D eigenvalue weighted by Gasteiger charge is -2.19. The van der Waals surface area contributed by atoms with Gasteiger partial charge in [0, 0.05) is 16.8 Å². The summed E-state index contributed by atoms with van der Waals surface area (Å²) in [6.07, 6.45) is 3.38. The SMILES string of the molecule is Cc1cc(C)c(S(=C=O)NC(Cc2ccc(-c3cccc(NC(=O)Nc4cccnc4)c3)cc2)C(=O)O)c(C)c1. The number of urea groups is 1. The van der Waals surface area contributed by atoms with E-state index in [4.69, 9.17) is 0 Å². The number of aromatic nitrogens is 1. The molecule has 8 nitrogen and oxygen atoms in total. The van der Waals surface area contributed by atoms with Gasteiger partial charge in [-0.3, -0.25) is 9.78 Å². The number of hydrogen-bond acceptors (Lipinski definition) is 5. The molecule has 0 aliphatic heterocycles. The van der Waals surface area contributed by atoms with Crippen molar-refractivity contribution < 1.29 is 19.5 Å². The van der Waals surface area contributed by atoms with E-state index in [-0.39, 0.29) is 12.5 Å². The lowest BCUT2D eigenvalue weighted by molar-refractivity contribution is -0.138. The summed E-state index contributed by atoms with van der Waals surface area (Å²) in [6, 6.07) is 21.1. The predicted molar refractivity (Wildman–Crippen MR) is 159 cm³/mol. The van der Waals surface area contributed by atoms with Crippen molar-refractivity contribution in [1.29, 1.82) is 0 Å². The van der Waals surface area contributed by atoms with Crippen molar-refractivity contribution in [1.82, 2.24) is 9.71 Å². The molecule has 9 heteroatoms. The normalized spacial score (nSPS) is 12.2. The largest absolute Gasteiger partial charge is 0.480 e. The summed E-state index contributed by atoms with van der Waals surface area (Å²) in [4.78, 5) is 41.1. The molecule has 204 valence electrons. The van der Waals surface area contributed by atoms with E-state index >= 15 is 0 Å². The zero-order valence-corrected chi connectivity index (χ0v) is 23.2. The Morgan fingerprint density at radius 3 is 2.20 bits per heavy atom. The van der Waals surface area contributed by atoms with Crippen LogP contribution in [0.2, 0.25) is 0 Å². The minimum atomic E-state index is -1.19. The van der Waals surface area contributed by atoms with Crippen LogP contribution < -0.4 is 15.4 Å². The molecule has 0 radical (unpaired) electrons. The summed E-state index contributed by atoms with van der Waals surface area (Å²) in [6.45, 7) is 5.82. The van der Waals surface area contributed by atoms with Crippen LogP contribution in [0.4, 0.5) is 16.2 Å². The van der Waals surface area contributed by atoms with E-state index in [0.29, 0.717) is 11.4 Å². The number of rotatable bonds is 9. The van der Waals surface area contributed by atoms with Gasteiger partial charge in [0.05, 0.1) is 11.9 Å². The van der Waals surface area contributed by atoms with E-state index in [1.807, 2.05) is 80.6 Å². The second kappa shape index (κ2) is 13.0. The third-order valence-corrected chi connectivity index (χ3v) is 7.96. The minimum absolute atomic E-state index is 0.195. The Morgan fingerprint density at radius 1 is 0.900 bits per heavy atom. The molecule has 0 bridgehead atoms. The first kappa shape index (κ1) is 28.4. The minimum Gasteiger partial charge on any atom is -0.480 e. The molecule has 40 heavy (non-hydrogen) atoms. The number of hydrogen-bond donors (Lipinski definition) is 4. The van der Waals surface area contributed by atoms with E-state index in [1.165, 1.54) is 0 Å². The first-order valence-electron chi connectivity index (χ1n) is 12.6. The smallest absolute Gasteiger partial charge is 0.323 e. The summed E-state index contributed by atoms with van der Waals surface area (Å²) in [7, 11) is -1.19. The van der Waals surface area contributed by atoms with Gasteiger partial charge in [0.2, 0.25) is 0 Å². The molecule has 2 amide bonds. The molecule has 3 aromatic carbocycles. The third kappa shape index (κ3) is 7.30. The molecule has 4 N–H and O–H groups in total. The van der Waals surface area contributed by atoms with Crippen molar-refractivity contribution >= 4 is 39.3 Å². The summed E-state index contributed by atoms with van der Waals surface area (Å²) in [5.41, 5.74) is 6.75. The van der Waals surface area contributed by atoms with Crippen molar-refractivity contribution in [2.24, 2.45) is 0 Å². The van der Waals surface area contributed by atoms with Crippen molar-refractivity contribution in [3.63, 3.8) is 0 Å². The number of nitrogens with one attached hydrogen (secondary N) is 3. The van der Waals surface area contributed by atoms with Crippen molar-refractivity contribution in [3.05, 3.63) is 107 Å². The maximum Gasteiger partial charge on any atom is 0.323 e. The van der Waals surface area contributed by atoms with E-state index in [1.54, 1.807) is 30.6 Å². The molecular formula is C31H30N4O4S. The van der Waals surface area contributed by atoms with Crippen LogP contribution in [0.5, 0.6) is 0 Å². The van der Waals surface area contributed by atoms with Crippen LogP contribution in [-0.4, -0.2) is 33.4 Å². The lowest BCUT2D eigenvalue weighted by Crippen LogP contribution is -2.35. The van der Waals surface area contributed by atoms with E-state index in [2.05, 4.69) is 20.3 Å². The molecule has 1 heterocycles. The van der Waals surface area contributed by atoms with Gasteiger partial charge in [-0.1, -0.05) is 54.1 Å². The lowest BCUT2D eigenvalue weighted by atomic mass is 10.0. The van der Waals surface area contributed by atoms with Crippen molar-refractivity contribution in [2.45, 2.75) is 38.1 Å². The van der Waals surface area contributed by atoms with Gasteiger partial charge in [0.1, 0.15) is 6.04 Å². The standard InChI is InChI=1S/C31H30N4O4S/c1-20-14-21(2)29(22(3)15-20)40(19-36)35-28(30(37)38)16-23-9-11-24(12-10-23)25-6-4-7-26(17-25)33-31(39)34-27-8-5-13-32-18-27/h4-15,17-18,28,35H,16H2,1-3H3,(H,37,38)(H2,33,34,39). The Hall–Kier alpha value is -4.56. The fourth-order valence-electron chi connectivity index (χ4n) is 4.51. The average molecular weight is 555 g/mol. The van der Waals surface area contributed by atoms with Crippen LogP contribution in [0.15, 0.2) is 90.1 Å². The Balaban J connectivity index is 1.45. The van der Waals surface area contributed by atoms with Gasteiger partial charge in [0.15, 0.2) is 5.23 Å². The second-order valence-corrected chi connectivity index (χ2v) is 10.9. The molecule has 0 aliphatic rings. The summed E-state index contributed by atoms with van der Waals surface area (Å²) >= 11 is 0. The number of benzene rings is 3.